The Bertz CT molecular complexity index is 629. The number of ether oxygens (including phenoxy) is 1. The monoisotopic (exact) mass is 292 g/mol. The summed E-state index contributed by atoms with van der Waals surface area (Å²) in [5, 5.41) is 0.510. The summed E-state index contributed by atoms with van der Waals surface area (Å²) in [7, 11) is 1.58. The van der Waals surface area contributed by atoms with Crippen LogP contribution in [0.1, 0.15) is 26.3 Å². The molecule has 0 N–H and O–H groups in total. The van der Waals surface area contributed by atoms with E-state index in [0.29, 0.717) is 27.5 Å². The number of hydrogen-bond donors (Lipinski definition) is 0. The Morgan fingerprint density at radius 3 is 2.35 bits per heavy atom. The van der Waals surface area contributed by atoms with Crippen LogP contribution in [0.3, 0.4) is 0 Å². The molecule has 0 bridgehead atoms. The molecule has 0 unspecified atom stereocenters. The zero-order valence-electron chi connectivity index (χ0n) is 12.1. The largest absolute Gasteiger partial charge is 0.497 e. The molecule has 3 heteroatoms. The average Bonchev–Trinajstić information content (AvgIpc) is 2.38. The van der Waals surface area contributed by atoms with Crippen LogP contribution in [0.15, 0.2) is 36.4 Å². The van der Waals surface area contributed by atoms with Crippen LogP contribution < -0.4 is 4.74 Å². The molecule has 2 aromatic carbocycles. The highest BCUT2D eigenvalue weighted by molar-refractivity contribution is 6.33. The molecular formula is C17H18ClFO. The highest BCUT2D eigenvalue weighted by Gasteiger charge is 2.21. The van der Waals surface area contributed by atoms with Crippen LogP contribution in [-0.2, 0) is 5.41 Å². The van der Waals surface area contributed by atoms with E-state index in [1.165, 1.54) is 0 Å². The highest BCUT2D eigenvalue weighted by Crippen LogP contribution is 2.36. The maximum atomic E-state index is 14.8. The standard InChI is InChI=1S/C17H18ClFO/c1-17(2,3)14-7-5-6-12(16(14)19)13-10-11(20-4)8-9-15(13)18/h5-10H,1-4H3. The van der Waals surface area contributed by atoms with Crippen molar-refractivity contribution in [2.75, 3.05) is 7.11 Å². The fourth-order valence-electron chi connectivity index (χ4n) is 2.16. The molecule has 0 radical (unpaired) electrons. The first kappa shape index (κ1) is 14.9. The Balaban J connectivity index is 2.65. The van der Waals surface area contributed by atoms with Gasteiger partial charge in [0.05, 0.1) is 7.11 Å². The summed E-state index contributed by atoms with van der Waals surface area (Å²) in [6, 6.07) is 10.6. The second-order valence-electron chi connectivity index (χ2n) is 5.76. The van der Waals surface area contributed by atoms with E-state index < -0.39 is 0 Å². The molecule has 0 aromatic heterocycles. The zero-order valence-corrected chi connectivity index (χ0v) is 12.9. The molecule has 0 aliphatic rings. The van der Waals surface area contributed by atoms with Crippen molar-refractivity contribution in [3.05, 3.63) is 52.8 Å². The van der Waals surface area contributed by atoms with Crippen molar-refractivity contribution in [3.63, 3.8) is 0 Å². The highest BCUT2D eigenvalue weighted by atomic mass is 35.5. The van der Waals surface area contributed by atoms with Gasteiger partial charge in [0.15, 0.2) is 0 Å². The smallest absolute Gasteiger partial charge is 0.134 e. The average molecular weight is 293 g/mol. The van der Waals surface area contributed by atoms with Crippen LogP contribution in [0.25, 0.3) is 11.1 Å². The quantitative estimate of drug-likeness (QED) is 0.715. The third-order valence-corrected chi connectivity index (χ3v) is 3.60. The summed E-state index contributed by atoms with van der Waals surface area (Å²) in [4.78, 5) is 0. The van der Waals surface area contributed by atoms with Crippen LogP contribution >= 0.6 is 11.6 Å². The van der Waals surface area contributed by atoms with Gasteiger partial charge in [0.1, 0.15) is 11.6 Å². The molecule has 0 saturated carbocycles. The minimum atomic E-state index is -0.258. The normalized spacial score (nSPS) is 11.5. The first-order chi connectivity index (χ1) is 9.34. The third kappa shape index (κ3) is 2.80. The van der Waals surface area contributed by atoms with Crippen LogP contribution in [0.5, 0.6) is 5.75 Å². The maximum absolute atomic E-state index is 14.8. The van der Waals surface area contributed by atoms with E-state index >= 15 is 0 Å². The van der Waals surface area contributed by atoms with E-state index in [0.717, 1.165) is 0 Å². The summed E-state index contributed by atoms with van der Waals surface area (Å²) >= 11 is 6.20. The van der Waals surface area contributed by atoms with Gasteiger partial charge >= 0.3 is 0 Å². The predicted octanol–water partition coefficient (Wildman–Crippen LogP) is 5.45. The van der Waals surface area contributed by atoms with Crippen LogP contribution in [0.2, 0.25) is 5.02 Å². The Labute approximate surface area is 124 Å². The summed E-state index contributed by atoms with van der Waals surface area (Å²) in [6.45, 7) is 5.97. The minimum Gasteiger partial charge on any atom is -0.497 e. The first-order valence-electron chi connectivity index (χ1n) is 6.47. The van der Waals surface area contributed by atoms with Crippen LogP contribution in [-0.4, -0.2) is 7.11 Å². The zero-order chi connectivity index (χ0) is 14.9. The fourth-order valence-corrected chi connectivity index (χ4v) is 2.38. The second kappa shape index (κ2) is 5.45. The van der Waals surface area contributed by atoms with Crippen molar-refractivity contribution in [1.82, 2.24) is 0 Å². The van der Waals surface area contributed by atoms with Crippen molar-refractivity contribution in [3.8, 4) is 16.9 Å². The van der Waals surface area contributed by atoms with E-state index in [9.17, 15) is 4.39 Å². The molecule has 0 amide bonds. The Morgan fingerprint density at radius 1 is 1.05 bits per heavy atom. The van der Waals surface area contributed by atoms with E-state index in [2.05, 4.69) is 0 Å². The topological polar surface area (TPSA) is 9.23 Å². The third-order valence-electron chi connectivity index (χ3n) is 3.27. The van der Waals surface area contributed by atoms with Gasteiger partial charge in [0, 0.05) is 16.1 Å². The van der Waals surface area contributed by atoms with E-state index in [1.54, 1.807) is 31.4 Å². The van der Waals surface area contributed by atoms with Crippen molar-refractivity contribution >= 4 is 11.6 Å². The summed E-state index contributed by atoms with van der Waals surface area (Å²) in [5.74, 6) is 0.431. The van der Waals surface area contributed by atoms with Crippen LogP contribution in [0.4, 0.5) is 4.39 Å². The van der Waals surface area contributed by atoms with Crippen molar-refractivity contribution in [2.24, 2.45) is 0 Å². The lowest BCUT2D eigenvalue weighted by atomic mass is 9.85. The number of rotatable bonds is 2. The van der Waals surface area contributed by atoms with E-state index in [4.69, 9.17) is 16.3 Å². The number of hydrogen-bond acceptors (Lipinski definition) is 1. The number of benzene rings is 2. The van der Waals surface area contributed by atoms with Crippen molar-refractivity contribution < 1.29 is 9.13 Å². The van der Waals surface area contributed by atoms with Gasteiger partial charge in [-0.1, -0.05) is 50.6 Å². The molecule has 0 atom stereocenters. The van der Waals surface area contributed by atoms with E-state index in [-0.39, 0.29) is 11.2 Å². The number of halogens is 2. The molecule has 0 heterocycles. The van der Waals surface area contributed by atoms with Crippen LogP contribution in [0, 0.1) is 5.82 Å². The Morgan fingerprint density at radius 2 is 1.75 bits per heavy atom. The van der Waals surface area contributed by atoms with Gasteiger partial charge in [-0.15, -0.1) is 0 Å². The molecule has 0 aliphatic carbocycles. The Hall–Kier alpha value is -1.54. The molecule has 0 spiro atoms. The molecule has 1 nitrogen and oxygen atoms in total. The van der Waals surface area contributed by atoms with Gasteiger partial charge in [0.25, 0.3) is 0 Å². The van der Waals surface area contributed by atoms with Crippen molar-refractivity contribution in [1.29, 1.82) is 0 Å². The lowest BCUT2D eigenvalue weighted by Gasteiger charge is -2.21. The van der Waals surface area contributed by atoms with Gasteiger partial charge in [-0.3, -0.25) is 0 Å². The van der Waals surface area contributed by atoms with Gasteiger partial charge in [-0.05, 0) is 29.2 Å². The molecule has 20 heavy (non-hydrogen) atoms. The van der Waals surface area contributed by atoms with Gasteiger partial charge in [-0.25, -0.2) is 4.39 Å². The van der Waals surface area contributed by atoms with Gasteiger partial charge in [0.2, 0.25) is 0 Å². The first-order valence-corrected chi connectivity index (χ1v) is 6.85. The summed E-state index contributed by atoms with van der Waals surface area (Å²) in [6.07, 6.45) is 0. The SMILES string of the molecule is COc1ccc(Cl)c(-c2cccc(C(C)(C)C)c2F)c1. The van der Waals surface area contributed by atoms with E-state index in [1.807, 2.05) is 32.9 Å². The molecule has 0 saturated heterocycles. The summed E-state index contributed by atoms with van der Waals surface area (Å²) in [5.41, 5.74) is 1.57. The van der Waals surface area contributed by atoms with Gasteiger partial charge < -0.3 is 4.74 Å². The molecule has 106 valence electrons. The fraction of sp³-hybridized carbons (Fsp3) is 0.294. The minimum absolute atomic E-state index is 0.227. The second-order valence-corrected chi connectivity index (χ2v) is 6.17. The molecule has 2 rings (SSSR count). The molecule has 0 fully saturated rings. The lowest BCUT2D eigenvalue weighted by molar-refractivity contribution is 0.415. The Kier molecular flexibility index (Phi) is 4.05. The molecule has 2 aromatic rings. The summed E-state index contributed by atoms with van der Waals surface area (Å²) < 4.78 is 20.0. The molecular weight excluding hydrogens is 275 g/mol. The maximum Gasteiger partial charge on any atom is 0.134 e. The predicted molar refractivity (Wildman–Crippen MR) is 82.1 cm³/mol. The number of methoxy groups -OCH3 is 1. The van der Waals surface area contributed by atoms with Crippen molar-refractivity contribution in [2.45, 2.75) is 26.2 Å². The lowest BCUT2D eigenvalue weighted by Crippen LogP contribution is -2.14. The molecule has 0 aliphatic heterocycles. The van der Waals surface area contributed by atoms with Gasteiger partial charge in [-0.2, -0.15) is 0 Å².